The standard InChI is InChI=1S/C18H19N3O3S/c1-13-9-10-16(24-3)15(11-13)20-25(22,23)17-12-21(2)19-18(17)14-7-5-4-6-8-14/h4-12,20H,1-3H3. The molecule has 0 radical (unpaired) electrons. The number of sulfonamides is 1. The van der Waals surface area contributed by atoms with E-state index in [1.807, 2.05) is 43.3 Å². The minimum absolute atomic E-state index is 0.116. The number of aryl methyl sites for hydroxylation is 2. The van der Waals surface area contributed by atoms with Gasteiger partial charge in [-0.05, 0) is 24.6 Å². The third-order valence-corrected chi connectivity index (χ3v) is 5.10. The monoisotopic (exact) mass is 357 g/mol. The molecule has 0 aliphatic heterocycles. The van der Waals surface area contributed by atoms with Crippen LogP contribution in [0.4, 0.5) is 5.69 Å². The third-order valence-electron chi connectivity index (χ3n) is 3.73. The first kappa shape index (κ1) is 17.0. The lowest BCUT2D eigenvalue weighted by molar-refractivity contribution is 0.417. The predicted octanol–water partition coefficient (Wildman–Crippen LogP) is 3.20. The molecule has 0 aliphatic carbocycles. The van der Waals surface area contributed by atoms with Crippen LogP contribution >= 0.6 is 0 Å². The van der Waals surface area contributed by atoms with Gasteiger partial charge in [0.15, 0.2) is 0 Å². The van der Waals surface area contributed by atoms with E-state index >= 15 is 0 Å². The Morgan fingerprint density at radius 2 is 1.84 bits per heavy atom. The lowest BCUT2D eigenvalue weighted by atomic mass is 10.2. The molecule has 130 valence electrons. The number of methoxy groups -OCH3 is 1. The fourth-order valence-electron chi connectivity index (χ4n) is 2.56. The smallest absolute Gasteiger partial charge is 0.265 e. The third kappa shape index (κ3) is 3.51. The second-order valence-electron chi connectivity index (χ2n) is 5.69. The zero-order valence-electron chi connectivity index (χ0n) is 14.2. The van der Waals surface area contributed by atoms with Crippen molar-refractivity contribution in [2.75, 3.05) is 11.8 Å². The number of anilines is 1. The van der Waals surface area contributed by atoms with E-state index in [-0.39, 0.29) is 4.90 Å². The Balaban J connectivity index is 2.06. The van der Waals surface area contributed by atoms with Crippen LogP contribution in [0.2, 0.25) is 0 Å². The molecule has 1 heterocycles. The number of aromatic nitrogens is 2. The number of nitrogens with zero attached hydrogens (tertiary/aromatic N) is 2. The Kier molecular flexibility index (Phi) is 4.50. The highest BCUT2D eigenvalue weighted by molar-refractivity contribution is 7.92. The number of nitrogens with one attached hydrogen (secondary N) is 1. The Morgan fingerprint density at radius 3 is 2.52 bits per heavy atom. The number of benzene rings is 2. The second kappa shape index (κ2) is 6.60. The lowest BCUT2D eigenvalue weighted by Crippen LogP contribution is -2.14. The molecule has 0 unspecified atom stereocenters. The predicted molar refractivity (Wildman–Crippen MR) is 97.2 cm³/mol. The van der Waals surface area contributed by atoms with Gasteiger partial charge in [-0.2, -0.15) is 5.10 Å². The van der Waals surface area contributed by atoms with Gasteiger partial charge in [0.2, 0.25) is 0 Å². The molecule has 0 aliphatic rings. The maximum absolute atomic E-state index is 13.0. The molecule has 7 heteroatoms. The minimum Gasteiger partial charge on any atom is -0.495 e. The van der Waals surface area contributed by atoms with Crippen LogP contribution in [0.25, 0.3) is 11.3 Å². The molecule has 0 spiro atoms. The van der Waals surface area contributed by atoms with Crippen molar-refractivity contribution in [3.05, 3.63) is 60.3 Å². The highest BCUT2D eigenvalue weighted by atomic mass is 32.2. The molecule has 0 atom stereocenters. The highest BCUT2D eigenvalue weighted by Gasteiger charge is 2.24. The number of hydrogen-bond donors (Lipinski definition) is 1. The molecule has 2 aromatic carbocycles. The first-order chi connectivity index (χ1) is 11.9. The van der Waals surface area contributed by atoms with Crippen molar-refractivity contribution in [2.24, 2.45) is 7.05 Å². The quantitative estimate of drug-likeness (QED) is 0.761. The van der Waals surface area contributed by atoms with Gasteiger partial charge >= 0.3 is 0 Å². The highest BCUT2D eigenvalue weighted by Crippen LogP contribution is 2.31. The Hall–Kier alpha value is -2.80. The van der Waals surface area contributed by atoms with Crippen LogP contribution in [0.1, 0.15) is 5.56 Å². The van der Waals surface area contributed by atoms with Crippen LogP contribution < -0.4 is 9.46 Å². The maximum atomic E-state index is 13.0. The second-order valence-corrected chi connectivity index (χ2v) is 7.34. The summed E-state index contributed by atoms with van der Waals surface area (Å²) in [5.74, 6) is 0.458. The maximum Gasteiger partial charge on any atom is 0.265 e. The van der Waals surface area contributed by atoms with Crippen LogP contribution in [0, 0.1) is 6.92 Å². The summed E-state index contributed by atoms with van der Waals surface area (Å²) in [6.07, 6.45) is 1.49. The molecule has 0 saturated heterocycles. The molecule has 1 N–H and O–H groups in total. The molecular weight excluding hydrogens is 338 g/mol. The van der Waals surface area contributed by atoms with Crippen LogP contribution in [0.3, 0.4) is 0 Å². The largest absolute Gasteiger partial charge is 0.495 e. The summed E-state index contributed by atoms with van der Waals surface area (Å²) in [6.45, 7) is 1.89. The van der Waals surface area contributed by atoms with Crippen molar-refractivity contribution >= 4 is 15.7 Å². The molecule has 3 aromatic rings. The van der Waals surface area contributed by atoms with Crippen molar-refractivity contribution in [1.29, 1.82) is 0 Å². The van der Waals surface area contributed by atoms with Crippen molar-refractivity contribution in [2.45, 2.75) is 11.8 Å². The molecular formula is C18H19N3O3S. The van der Waals surface area contributed by atoms with E-state index in [1.165, 1.54) is 18.0 Å². The summed E-state index contributed by atoms with van der Waals surface area (Å²) in [6, 6.07) is 14.5. The van der Waals surface area contributed by atoms with Gasteiger partial charge in [0, 0.05) is 18.8 Å². The van der Waals surface area contributed by atoms with Gasteiger partial charge in [-0.25, -0.2) is 8.42 Å². The van der Waals surface area contributed by atoms with Gasteiger partial charge in [0.05, 0.1) is 12.8 Å². The zero-order valence-corrected chi connectivity index (χ0v) is 15.0. The molecule has 0 fully saturated rings. The van der Waals surface area contributed by atoms with E-state index in [0.29, 0.717) is 17.1 Å². The van der Waals surface area contributed by atoms with Crippen LogP contribution in [0.15, 0.2) is 59.6 Å². The summed E-state index contributed by atoms with van der Waals surface area (Å²) < 4.78 is 35.3. The van der Waals surface area contributed by atoms with Gasteiger partial charge in [0.25, 0.3) is 10.0 Å². The molecule has 0 amide bonds. The van der Waals surface area contributed by atoms with E-state index in [1.54, 1.807) is 19.2 Å². The molecule has 0 saturated carbocycles. The van der Waals surface area contributed by atoms with Crippen molar-refractivity contribution in [3.63, 3.8) is 0 Å². The number of ether oxygens (including phenoxy) is 1. The van der Waals surface area contributed by atoms with Crippen molar-refractivity contribution < 1.29 is 13.2 Å². The van der Waals surface area contributed by atoms with Crippen molar-refractivity contribution in [1.82, 2.24) is 9.78 Å². The summed E-state index contributed by atoms with van der Waals surface area (Å²) in [5.41, 5.74) is 2.46. The normalized spacial score (nSPS) is 11.3. The first-order valence-electron chi connectivity index (χ1n) is 7.67. The van der Waals surface area contributed by atoms with Crippen LogP contribution in [-0.4, -0.2) is 25.3 Å². The van der Waals surface area contributed by atoms with E-state index in [2.05, 4.69) is 9.82 Å². The molecule has 6 nitrogen and oxygen atoms in total. The lowest BCUT2D eigenvalue weighted by Gasteiger charge is -2.12. The minimum atomic E-state index is -3.83. The summed E-state index contributed by atoms with van der Waals surface area (Å²) in [4.78, 5) is 0.116. The SMILES string of the molecule is COc1ccc(C)cc1NS(=O)(=O)c1cn(C)nc1-c1ccccc1. The molecule has 25 heavy (non-hydrogen) atoms. The average Bonchev–Trinajstić information content (AvgIpc) is 2.98. The zero-order chi connectivity index (χ0) is 18.0. The Morgan fingerprint density at radius 1 is 1.12 bits per heavy atom. The summed E-state index contributed by atoms with van der Waals surface area (Å²) >= 11 is 0. The average molecular weight is 357 g/mol. The van der Waals surface area contributed by atoms with Crippen LogP contribution in [-0.2, 0) is 17.1 Å². The topological polar surface area (TPSA) is 73.2 Å². The Labute approximate surface area is 147 Å². The first-order valence-corrected chi connectivity index (χ1v) is 9.15. The fraction of sp³-hybridized carbons (Fsp3) is 0.167. The van der Waals surface area contributed by atoms with E-state index < -0.39 is 10.0 Å². The summed E-state index contributed by atoms with van der Waals surface area (Å²) in [7, 11) is -0.639. The van der Waals surface area contributed by atoms with Gasteiger partial charge in [-0.3, -0.25) is 9.40 Å². The van der Waals surface area contributed by atoms with E-state index in [9.17, 15) is 8.42 Å². The Bertz CT molecular complexity index is 996. The number of hydrogen-bond acceptors (Lipinski definition) is 4. The molecule has 3 rings (SSSR count). The van der Waals surface area contributed by atoms with E-state index in [4.69, 9.17) is 4.74 Å². The van der Waals surface area contributed by atoms with Gasteiger partial charge in [-0.15, -0.1) is 0 Å². The van der Waals surface area contributed by atoms with Gasteiger partial charge in [-0.1, -0.05) is 36.4 Å². The van der Waals surface area contributed by atoms with E-state index in [0.717, 1.165) is 11.1 Å². The molecule has 0 bridgehead atoms. The molecule has 1 aromatic heterocycles. The summed E-state index contributed by atoms with van der Waals surface area (Å²) in [5, 5.41) is 4.32. The van der Waals surface area contributed by atoms with Crippen LogP contribution in [0.5, 0.6) is 5.75 Å². The number of rotatable bonds is 5. The van der Waals surface area contributed by atoms with Gasteiger partial charge in [0.1, 0.15) is 16.3 Å². The fourth-order valence-corrected chi connectivity index (χ4v) is 3.82. The van der Waals surface area contributed by atoms with Crippen molar-refractivity contribution in [3.8, 4) is 17.0 Å². The van der Waals surface area contributed by atoms with Gasteiger partial charge < -0.3 is 4.74 Å².